The average Bonchev–Trinajstić information content (AvgIpc) is 2.44. The van der Waals surface area contributed by atoms with Crippen LogP contribution in [-0.4, -0.2) is 50.7 Å². The number of nitrogens with zero attached hydrogens (tertiary/aromatic N) is 1. The highest BCUT2D eigenvalue weighted by Gasteiger charge is 2.47. The molecule has 1 heterocycles. The average molecular weight is 315 g/mol. The molecular formula is C14H21NO5S. The van der Waals surface area contributed by atoms with E-state index in [-0.39, 0.29) is 23.7 Å². The fourth-order valence-corrected chi connectivity index (χ4v) is 4.30. The lowest BCUT2D eigenvalue weighted by molar-refractivity contribution is -0.0653. The van der Waals surface area contributed by atoms with Crippen molar-refractivity contribution in [2.75, 3.05) is 27.3 Å². The van der Waals surface area contributed by atoms with Crippen molar-refractivity contribution in [2.45, 2.75) is 30.3 Å². The minimum Gasteiger partial charge on any atom is -0.497 e. The van der Waals surface area contributed by atoms with Crippen LogP contribution in [0.5, 0.6) is 11.5 Å². The normalized spacial score (nSPS) is 18.1. The first-order chi connectivity index (χ1) is 9.86. The smallest absolute Gasteiger partial charge is 0.247 e. The van der Waals surface area contributed by atoms with Crippen LogP contribution in [0.25, 0.3) is 0 Å². The van der Waals surface area contributed by atoms with Gasteiger partial charge in [0.2, 0.25) is 10.0 Å². The van der Waals surface area contributed by atoms with E-state index in [0.29, 0.717) is 12.2 Å². The third-order valence-electron chi connectivity index (χ3n) is 3.65. The Kier molecular flexibility index (Phi) is 4.46. The lowest BCUT2D eigenvalue weighted by Gasteiger charge is -2.45. The van der Waals surface area contributed by atoms with Crippen LogP contribution in [0.3, 0.4) is 0 Å². The highest BCUT2D eigenvalue weighted by atomic mass is 32.2. The van der Waals surface area contributed by atoms with Gasteiger partial charge in [-0.05, 0) is 18.6 Å². The maximum absolute atomic E-state index is 12.6. The van der Waals surface area contributed by atoms with Gasteiger partial charge >= 0.3 is 0 Å². The zero-order valence-electron chi connectivity index (χ0n) is 12.5. The summed E-state index contributed by atoms with van der Waals surface area (Å²) in [7, 11) is -0.804. The summed E-state index contributed by atoms with van der Waals surface area (Å²) < 4.78 is 36.7. The second-order valence-electron chi connectivity index (χ2n) is 5.26. The van der Waals surface area contributed by atoms with Gasteiger partial charge in [-0.15, -0.1) is 0 Å². The first-order valence-electron chi connectivity index (χ1n) is 6.81. The predicted octanol–water partition coefficient (Wildman–Crippen LogP) is 1.24. The number of aliphatic hydroxyl groups is 1. The number of benzene rings is 1. The van der Waals surface area contributed by atoms with Crippen LogP contribution in [0.15, 0.2) is 23.1 Å². The van der Waals surface area contributed by atoms with Gasteiger partial charge in [-0.3, -0.25) is 0 Å². The van der Waals surface area contributed by atoms with E-state index >= 15 is 0 Å². The number of hydrogen-bond acceptors (Lipinski definition) is 5. The number of methoxy groups -OCH3 is 2. The highest BCUT2D eigenvalue weighted by Crippen LogP contribution is 2.36. The third kappa shape index (κ3) is 3.00. The SMILES string of the molecule is CCCC1(O)CN(S(=O)(=O)c2cc(OC)ccc2OC)C1. The molecule has 0 spiro atoms. The van der Waals surface area contributed by atoms with Crippen LogP contribution in [-0.2, 0) is 10.0 Å². The van der Waals surface area contributed by atoms with Gasteiger partial charge in [0.25, 0.3) is 0 Å². The van der Waals surface area contributed by atoms with Crippen LogP contribution < -0.4 is 9.47 Å². The van der Waals surface area contributed by atoms with E-state index < -0.39 is 15.6 Å². The molecule has 1 saturated heterocycles. The summed E-state index contributed by atoms with van der Waals surface area (Å²) in [5, 5.41) is 10.2. The van der Waals surface area contributed by atoms with Gasteiger partial charge < -0.3 is 14.6 Å². The third-order valence-corrected chi connectivity index (χ3v) is 5.46. The van der Waals surface area contributed by atoms with E-state index in [2.05, 4.69) is 0 Å². The summed E-state index contributed by atoms with van der Waals surface area (Å²) in [6.07, 6.45) is 1.40. The Morgan fingerprint density at radius 2 is 1.95 bits per heavy atom. The molecule has 0 radical (unpaired) electrons. The van der Waals surface area contributed by atoms with Gasteiger partial charge in [-0.25, -0.2) is 8.42 Å². The Morgan fingerprint density at radius 3 is 2.48 bits per heavy atom. The Labute approximate surface area is 125 Å². The van der Waals surface area contributed by atoms with E-state index in [1.165, 1.54) is 24.6 Å². The van der Waals surface area contributed by atoms with Gasteiger partial charge in [0.1, 0.15) is 16.4 Å². The lowest BCUT2D eigenvalue weighted by Crippen LogP contribution is -2.63. The summed E-state index contributed by atoms with van der Waals surface area (Å²) in [4.78, 5) is 0.0582. The second-order valence-corrected chi connectivity index (χ2v) is 7.17. The largest absolute Gasteiger partial charge is 0.497 e. The molecule has 1 N–H and O–H groups in total. The summed E-state index contributed by atoms with van der Waals surface area (Å²) in [5.41, 5.74) is -0.909. The van der Waals surface area contributed by atoms with Crippen molar-refractivity contribution < 1.29 is 23.0 Å². The van der Waals surface area contributed by atoms with E-state index in [0.717, 1.165) is 6.42 Å². The van der Waals surface area contributed by atoms with Gasteiger partial charge in [0.05, 0.1) is 19.8 Å². The quantitative estimate of drug-likeness (QED) is 0.855. The van der Waals surface area contributed by atoms with Crippen molar-refractivity contribution in [3.8, 4) is 11.5 Å². The van der Waals surface area contributed by atoms with Gasteiger partial charge in [-0.1, -0.05) is 13.3 Å². The Bertz CT molecular complexity index is 608. The molecule has 0 saturated carbocycles. The van der Waals surface area contributed by atoms with Gasteiger partial charge in [0, 0.05) is 19.2 Å². The molecule has 2 rings (SSSR count). The molecule has 21 heavy (non-hydrogen) atoms. The molecule has 1 fully saturated rings. The Balaban J connectivity index is 2.29. The standard InChI is InChI=1S/C14H21NO5S/c1-4-7-14(16)9-15(10-14)21(17,18)13-8-11(19-2)5-6-12(13)20-3/h5-6,8,16H,4,7,9-10H2,1-3H3. The summed E-state index contributed by atoms with van der Waals surface area (Å²) in [6.45, 7) is 2.19. The molecule has 118 valence electrons. The first-order valence-corrected chi connectivity index (χ1v) is 8.25. The maximum Gasteiger partial charge on any atom is 0.247 e. The van der Waals surface area contributed by atoms with Crippen LogP contribution in [0, 0.1) is 0 Å². The molecule has 0 aromatic heterocycles. The predicted molar refractivity (Wildman–Crippen MR) is 78.2 cm³/mol. The molecule has 0 amide bonds. The number of rotatable bonds is 6. The number of β-amino-alcohol motifs (C(OH)–C–C–N with tert-alkyl or cyclic N) is 1. The molecule has 6 nitrogen and oxygen atoms in total. The molecule has 7 heteroatoms. The fourth-order valence-electron chi connectivity index (χ4n) is 2.53. The molecule has 0 aliphatic carbocycles. The second kappa shape index (κ2) is 5.82. The van der Waals surface area contributed by atoms with Crippen molar-refractivity contribution >= 4 is 10.0 Å². The number of ether oxygens (including phenoxy) is 2. The van der Waals surface area contributed by atoms with Gasteiger partial charge in [0.15, 0.2) is 0 Å². The summed E-state index contributed by atoms with van der Waals surface area (Å²) in [5.74, 6) is 0.709. The summed E-state index contributed by atoms with van der Waals surface area (Å²) in [6, 6.07) is 4.64. The Hall–Kier alpha value is -1.31. The molecule has 0 atom stereocenters. The minimum atomic E-state index is -3.70. The summed E-state index contributed by atoms with van der Waals surface area (Å²) >= 11 is 0. The van der Waals surface area contributed by atoms with Crippen molar-refractivity contribution in [3.63, 3.8) is 0 Å². The number of sulfonamides is 1. The van der Waals surface area contributed by atoms with E-state index in [1.807, 2.05) is 6.92 Å². The van der Waals surface area contributed by atoms with Gasteiger partial charge in [-0.2, -0.15) is 4.31 Å². The van der Waals surface area contributed by atoms with Crippen LogP contribution in [0.4, 0.5) is 0 Å². The maximum atomic E-state index is 12.6. The van der Waals surface area contributed by atoms with E-state index in [9.17, 15) is 13.5 Å². The topological polar surface area (TPSA) is 76.1 Å². The molecule has 1 aliphatic heterocycles. The van der Waals surface area contributed by atoms with E-state index in [1.54, 1.807) is 12.1 Å². The van der Waals surface area contributed by atoms with E-state index in [4.69, 9.17) is 9.47 Å². The van der Waals surface area contributed by atoms with Crippen LogP contribution in [0.1, 0.15) is 19.8 Å². The molecular weight excluding hydrogens is 294 g/mol. The van der Waals surface area contributed by atoms with Crippen LogP contribution >= 0.6 is 0 Å². The molecule has 0 bridgehead atoms. The van der Waals surface area contributed by atoms with Crippen molar-refractivity contribution in [1.29, 1.82) is 0 Å². The Morgan fingerprint density at radius 1 is 1.29 bits per heavy atom. The monoisotopic (exact) mass is 315 g/mol. The number of hydrogen-bond donors (Lipinski definition) is 1. The zero-order valence-corrected chi connectivity index (χ0v) is 13.3. The van der Waals surface area contributed by atoms with Crippen LogP contribution in [0.2, 0.25) is 0 Å². The molecule has 1 aromatic carbocycles. The highest BCUT2D eigenvalue weighted by molar-refractivity contribution is 7.89. The molecule has 1 aliphatic rings. The van der Waals surface area contributed by atoms with Crippen molar-refractivity contribution in [3.05, 3.63) is 18.2 Å². The molecule has 0 unspecified atom stereocenters. The lowest BCUT2D eigenvalue weighted by atomic mass is 9.92. The zero-order chi connectivity index (χ0) is 15.7. The molecule has 1 aromatic rings. The van der Waals surface area contributed by atoms with Crippen molar-refractivity contribution in [1.82, 2.24) is 4.31 Å². The minimum absolute atomic E-state index is 0.0582. The van der Waals surface area contributed by atoms with Crippen molar-refractivity contribution in [2.24, 2.45) is 0 Å². The first kappa shape index (κ1) is 16.1. The fraction of sp³-hybridized carbons (Fsp3) is 0.571.